The molecule has 1 aliphatic carbocycles. The molecule has 1 aromatic rings. The quantitative estimate of drug-likeness (QED) is 0.587. The van der Waals surface area contributed by atoms with E-state index in [1.165, 1.54) is 6.07 Å². The zero-order valence-corrected chi connectivity index (χ0v) is 12.5. The Morgan fingerprint density at radius 3 is 2.63 bits per heavy atom. The molecule has 1 aliphatic rings. The fraction of sp³-hybridized carbons (Fsp3) is 0.429. The van der Waals surface area contributed by atoms with E-state index in [2.05, 4.69) is 15.9 Å². The van der Waals surface area contributed by atoms with E-state index in [1.807, 2.05) is 0 Å². The molecule has 0 saturated carbocycles. The number of hydrogen-bond donors (Lipinski definition) is 0. The van der Waals surface area contributed by atoms with Gasteiger partial charge in [-0.1, -0.05) is 15.9 Å². The van der Waals surface area contributed by atoms with Crippen LogP contribution in [0.4, 0.5) is 4.39 Å². The van der Waals surface area contributed by atoms with Gasteiger partial charge in [0.05, 0.1) is 0 Å². The number of carbonyl (C=O) groups excluding carboxylic acids is 2. The van der Waals surface area contributed by atoms with Crippen molar-refractivity contribution in [3.8, 4) is 0 Å². The van der Waals surface area contributed by atoms with Crippen molar-refractivity contribution in [1.82, 2.24) is 0 Å². The second kappa shape index (κ2) is 4.40. The van der Waals surface area contributed by atoms with Gasteiger partial charge in [0.25, 0.3) is 5.67 Å². The molecular formula is C14H14BrFO3. The number of fused-ring (bicyclic) bond motifs is 1. The van der Waals surface area contributed by atoms with Gasteiger partial charge in [-0.05, 0) is 44.5 Å². The van der Waals surface area contributed by atoms with E-state index in [-0.39, 0.29) is 12.0 Å². The summed E-state index contributed by atoms with van der Waals surface area (Å²) in [6.07, 6.45) is -0.268. The highest BCUT2D eigenvalue weighted by atomic mass is 79.9. The van der Waals surface area contributed by atoms with Crippen molar-refractivity contribution in [3.63, 3.8) is 0 Å². The van der Waals surface area contributed by atoms with Crippen LogP contribution in [0.3, 0.4) is 0 Å². The van der Waals surface area contributed by atoms with Crippen LogP contribution < -0.4 is 0 Å². The Balaban J connectivity index is 2.34. The van der Waals surface area contributed by atoms with Crippen LogP contribution in [0.15, 0.2) is 22.7 Å². The maximum atomic E-state index is 14.7. The Morgan fingerprint density at radius 2 is 2.05 bits per heavy atom. The van der Waals surface area contributed by atoms with Crippen molar-refractivity contribution in [3.05, 3.63) is 33.8 Å². The second-order valence-electron chi connectivity index (χ2n) is 5.61. The molecule has 0 aliphatic heterocycles. The van der Waals surface area contributed by atoms with Gasteiger partial charge < -0.3 is 4.74 Å². The second-order valence-corrected chi connectivity index (χ2v) is 6.53. The first-order valence-corrected chi connectivity index (χ1v) is 6.68. The summed E-state index contributed by atoms with van der Waals surface area (Å²) in [5, 5.41) is 0. The van der Waals surface area contributed by atoms with Crippen LogP contribution in [0.25, 0.3) is 0 Å². The van der Waals surface area contributed by atoms with E-state index in [0.29, 0.717) is 5.56 Å². The molecule has 19 heavy (non-hydrogen) atoms. The number of alkyl halides is 1. The molecular weight excluding hydrogens is 315 g/mol. The van der Waals surface area contributed by atoms with Crippen molar-refractivity contribution in [1.29, 1.82) is 0 Å². The van der Waals surface area contributed by atoms with Gasteiger partial charge in [0.2, 0.25) is 5.78 Å². The van der Waals surface area contributed by atoms with Gasteiger partial charge in [0.15, 0.2) is 0 Å². The molecule has 0 amide bonds. The van der Waals surface area contributed by atoms with E-state index >= 15 is 0 Å². The Labute approximate surface area is 119 Å². The SMILES string of the molecule is CC(C)(C)OC(=O)[C@]1(F)Cc2cc(Br)ccc2C1=O. The van der Waals surface area contributed by atoms with Crippen LogP contribution in [-0.2, 0) is 16.0 Å². The fourth-order valence-corrected chi connectivity index (χ4v) is 2.42. The molecule has 0 saturated heterocycles. The van der Waals surface area contributed by atoms with Crippen LogP contribution in [-0.4, -0.2) is 23.0 Å². The third-order valence-electron chi connectivity index (χ3n) is 2.83. The third-order valence-corrected chi connectivity index (χ3v) is 3.32. The maximum absolute atomic E-state index is 14.7. The molecule has 0 N–H and O–H groups in total. The lowest BCUT2D eigenvalue weighted by molar-refractivity contribution is -0.165. The smallest absolute Gasteiger partial charge is 0.353 e. The first-order chi connectivity index (χ1) is 8.63. The number of ether oxygens (including phenoxy) is 1. The van der Waals surface area contributed by atoms with E-state index in [4.69, 9.17) is 4.74 Å². The van der Waals surface area contributed by atoms with Crippen molar-refractivity contribution in [2.24, 2.45) is 0 Å². The molecule has 0 bridgehead atoms. The summed E-state index contributed by atoms with van der Waals surface area (Å²) in [6.45, 7) is 4.91. The highest BCUT2D eigenvalue weighted by molar-refractivity contribution is 9.10. The minimum absolute atomic E-state index is 0.247. The fourth-order valence-electron chi connectivity index (χ4n) is 2.01. The molecule has 102 valence electrons. The van der Waals surface area contributed by atoms with Crippen molar-refractivity contribution < 1.29 is 18.7 Å². The van der Waals surface area contributed by atoms with Gasteiger partial charge in [0, 0.05) is 16.5 Å². The van der Waals surface area contributed by atoms with Gasteiger partial charge in [-0.25, -0.2) is 9.18 Å². The van der Waals surface area contributed by atoms with Crippen LogP contribution in [0.5, 0.6) is 0 Å². The molecule has 1 aromatic carbocycles. The number of benzene rings is 1. The Kier molecular flexibility index (Phi) is 3.29. The Morgan fingerprint density at radius 1 is 1.42 bits per heavy atom. The zero-order chi connectivity index (χ0) is 14.4. The zero-order valence-electron chi connectivity index (χ0n) is 10.9. The lowest BCUT2D eigenvalue weighted by atomic mass is 10.0. The lowest BCUT2D eigenvalue weighted by Gasteiger charge is -2.24. The van der Waals surface area contributed by atoms with Crippen molar-refractivity contribution in [2.75, 3.05) is 0 Å². The van der Waals surface area contributed by atoms with E-state index in [9.17, 15) is 14.0 Å². The monoisotopic (exact) mass is 328 g/mol. The first-order valence-electron chi connectivity index (χ1n) is 5.89. The number of rotatable bonds is 1. The third kappa shape index (κ3) is 2.56. The largest absolute Gasteiger partial charge is 0.457 e. The average molecular weight is 329 g/mol. The molecule has 0 aromatic heterocycles. The van der Waals surface area contributed by atoms with Gasteiger partial charge in [-0.2, -0.15) is 0 Å². The van der Waals surface area contributed by atoms with Gasteiger partial charge in [-0.3, -0.25) is 4.79 Å². The van der Waals surface area contributed by atoms with E-state index in [1.54, 1.807) is 32.9 Å². The first kappa shape index (κ1) is 14.2. The van der Waals surface area contributed by atoms with Gasteiger partial charge >= 0.3 is 5.97 Å². The Bertz CT molecular complexity index is 562. The molecule has 3 nitrogen and oxygen atoms in total. The molecule has 0 fully saturated rings. The number of halogens is 2. The van der Waals surface area contributed by atoms with Crippen LogP contribution in [0.1, 0.15) is 36.7 Å². The summed E-state index contributed by atoms with van der Waals surface area (Å²) in [5.74, 6) is -1.93. The Hall–Kier alpha value is -1.23. The molecule has 0 unspecified atom stereocenters. The summed E-state index contributed by atoms with van der Waals surface area (Å²) in [7, 11) is 0. The summed E-state index contributed by atoms with van der Waals surface area (Å²) in [4.78, 5) is 24.0. The number of esters is 1. The van der Waals surface area contributed by atoms with Gasteiger partial charge in [0.1, 0.15) is 5.60 Å². The highest BCUT2D eigenvalue weighted by Gasteiger charge is 2.54. The standard InChI is InChI=1S/C14H14BrFO3/c1-13(2,3)19-12(18)14(16)7-8-6-9(15)4-5-10(8)11(14)17/h4-6H,7H2,1-3H3/t14-/m0/s1. The van der Waals surface area contributed by atoms with Crippen molar-refractivity contribution >= 4 is 27.7 Å². The number of carbonyl (C=O) groups is 2. The molecule has 0 radical (unpaired) electrons. The van der Waals surface area contributed by atoms with Crippen LogP contribution in [0, 0.1) is 0 Å². The topological polar surface area (TPSA) is 43.4 Å². The highest BCUT2D eigenvalue weighted by Crippen LogP contribution is 2.36. The summed E-state index contributed by atoms with van der Waals surface area (Å²) >= 11 is 3.26. The summed E-state index contributed by atoms with van der Waals surface area (Å²) in [6, 6.07) is 4.82. The summed E-state index contributed by atoms with van der Waals surface area (Å²) in [5.41, 5.74) is -2.66. The van der Waals surface area contributed by atoms with Crippen molar-refractivity contribution in [2.45, 2.75) is 38.5 Å². The minimum Gasteiger partial charge on any atom is -0.457 e. The number of hydrogen-bond acceptors (Lipinski definition) is 3. The number of ketones is 1. The van der Waals surface area contributed by atoms with Crippen LogP contribution in [0.2, 0.25) is 0 Å². The average Bonchev–Trinajstić information content (AvgIpc) is 2.49. The molecule has 0 spiro atoms. The maximum Gasteiger partial charge on any atom is 0.353 e. The van der Waals surface area contributed by atoms with Gasteiger partial charge in [-0.15, -0.1) is 0 Å². The predicted octanol–water partition coefficient (Wildman–Crippen LogP) is 3.24. The minimum atomic E-state index is -2.60. The normalized spacial score (nSPS) is 22.3. The molecule has 1 atom stereocenters. The van der Waals surface area contributed by atoms with E-state index in [0.717, 1.165) is 4.47 Å². The molecule has 2 rings (SSSR count). The van der Waals surface area contributed by atoms with Crippen LogP contribution >= 0.6 is 15.9 Å². The number of Topliss-reactive ketones (excluding diaryl/α,β-unsaturated/α-hetero) is 1. The lowest BCUT2D eigenvalue weighted by Crippen LogP contribution is -2.44. The molecule has 0 heterocycles. The predicted molar refractivity (Wildman–Crippen MR) is 71.9 cm³/mol. The summed E-state index contributed by atoms with van der Waals surface area (Å²) < 4.78 is 20.5. The van der Waals surface area contributed by atoms with E-state index < -0.39 is 23.0 Å². The molecule has 5 heteroatoms.